The van der Waals surface area contributed by atoms with Gasteiger partial charge in [0.2, 0.25) is 5.91 Å². The number of carbonyl (C=O) groups excluding carboxylic acids is 1. The van der Waals surface area contributed by atoms with E-state index in [1.165, 1.54) is 22.2 Å². The van der Waals surface area contributed by atoms with Gasteiger partial charge in [0.15, 0.2) is 5.82 Å². The van der Waals surface area contributed by atoms with E-state index in [1.807, 2.05) is 32.9 Å². The molecule has 3 aromatic rings. The zero-order valence-corrected chi connectivity index (χ0v) is 19.0. The van der Waals surface area contributed by atoms with Gasteiger partial charge in [-0.1, -0.05) is 43.0 Å². The highest BCUT2D eigenvalue weighted by Crippen LogP contribution is 2.37. The fourth-order valence-electron chi connectivity index (χ4n) is 3.20. The third-order valence-electron chi connectivity index (χ3n) is 4.41. The minimum Gasteiger partial charge on any atom is -0.351 e. The molecule has 0 saturated carbocycles. The van der Waals surface area contributed by atoms with Crippen LogP contribution < -0.4 is 5.32 Å². The van der Waals surface area contributed by atoms with Gasteiger partial charge in [-0.05, 0) is 52.2 Å². The lowest BCUT2D eigenvalue weighted by molar-refractivity contribution is -0.119. The molecule has 148 valence electrons. The van der Waals surface area contributed by atoms with E-state index in [1.54, 1.807) is 11.3 Å². The number of thiophene rings is 1. The Morgan fingerprint density at radius 3 is 2.54 bits per heavy atom. The molecule has 0 aliphatic carbocycles. The molecular formula is C22H27N3OS2. The second-order valence-corrected chi connectivity index (χ2v) is 10.1. The highest BCUT2D eigenvalue weighted by atomic mass is 32.2. The van der Waals surface area contributed by atoms with E-state index < -0.39 is 0 Å². The molecule has 2 aromatic heterocycles. The van der Waals surface area contributed by atoms with Crippen molar-refractivity contribution >= 4 is 39.2 Å². The van der Waals surface area contributed by atoms with Crippen molar-refractivity contribution in [2.75, 3.05) is 5.75 Å². The molecule has 0 bridgehead atoms. The maximum Gasteiger partial charge on any atom is 0.230 e. The van der Waals surface area contributed by atoms with E-state index in [9.17, 15) is 4.79 Å². The zero-order valence-electron chi connectivity index (χ0n) is 17.3. The van der Waals surface area contributed by atoms with Crippen molar-refractivity contribution in [2.45, 2.75) is 58.5 Å². The number of nitrogens with one attached hydrogen (secondary N) is 1. The molecule has 2 heterocycles. The van der Waals surface area contributed by atoms with Crippen LogP contribution in [0.4, 0.5) is 0 Å². The molecule has 28 heavy (non-hydrogen) atoms. The average molecular weight is 414 g/mol. The van der Waals surface area contributed by atoms with Gasteiger partial charge in [-0.25, -0.2) is 9.97 Å². The molecule has 0 aliphatic heterocycles. The summed E-state index contributed by atoms with van der Waals surface area (Å²) >= 11 is 3.21. The van der Waals surface area contributed by atoms with Crippen LogP contribution in [0.2, 0.25) is 0 Å². The van der Waals surface area contributed by atoms with Gasteiger partial charge in [0.25, 0.3) is 0 Å². The highest BCUT2D eigenvalue weighted by Gasteiger charge is 2.20. The lowest BCUT2D eigenvalue weighted by Crippen LogP contribution is -2.41. The van der Waals surface area contributed by atoms with Crippen molar-refractivity contribution in [1.82, 2.24) is 15.3 Å². The van der Waals surface area contributed by atoms with Crippen LogP contribution in [0, 0.1) is 13.8 Å². The van der Waals surface area contributed by atoms with Crippen LogP contribution in [0.1, 0.15) is 43.7 Å². The van der Waals surface area contributed by atoms with Crippen molar-refractivity contribution in [1.29, 1.82) is 0 Å². The zero-order chi connectivity index (χ0) is 20.5. The summed E-state index contributed by atoms with van der Waals surface area (Å²) in [6, 6.07) is 8.16. The number of amides is 1. The fourth-order valence-corrected chi connectivity index (χ4v) is 5.23. The number of nitrogens with zero attached hydrogens (tertiary/aromatic N) is 2. The predicted molar refractivity (Wildman–Crippen MR) is 120 cm³/mol. The van der Waals surface area contributed by atoms with Crippen LogP contribution in [-0.4, -0.2) is 27.2 Å². The molecule has 3 rings (SSSR count). The standard InChI is InChI=1S/C22H27N3OS2/c1-7-15-14(3)28-21-18(15)20(27-12-17(26)25-22(4,5)6)23-19(24-21)16-11-9-8-10-13(16)2/h8-11H,7,12H2,1-6H3,(H,25,26). The molecule has 0 spiro atoms. The Morgan fingerprint density at radius 1 is 1.18 bits per heavy atom. The van der Waals surface area contributed by atoms with Gasteiger partial charge in [0, 0.05) is 21.4 Å². The van der Waals surface area contributed by atoms with Crippen molar-refractivity contribution in [3.8, 4) is 11.4 Å². The number of fused-ring (bicyclic) bond motifs is 1. The number of benzene rings is 1. The molecule has 1 N–H and O–H groups in total. The quantitative estimate of drug-likeness (QED) is 0.440. The fraction of sp³-hybridized carbons (Fsp3) is 0.409. The van der Waals surface area contributed by atoms with Gasteiger partial charge in [0.05, 0.1) is 5.75 Å². The average Bonchev–Trinajstić information content (AvgIpc) is 2.93. The summed E-state index contributed by atoms with van der Waals surface area (Å²) < 4.78 is 0. The van der Waals surface area contributed by atoms with E-state index in [4.69, 9.17) is 9.97 Å². The molecule has 4 nitrogen and oxygen atoms in total. The second kappa shape index (κ2) is 8.21. The van der Waals surface area contributed by atoms with E-state index >= 15 is 0 Å². The van der Waals surface area contributed by atoms with Crippen molar-refractivity contribution in [3.05, 3.63) is 40.3 Å². The first-order chi connectivity index (χ1) is 13.2. The number of aromatic nitrogens is 2. The third kappa shape index (κ3) is 4.55. The molecular weight excluding hydrogens is 386 g/mol. The molecule has 0 fully saturated rings. The number of carbonyl (C=O) groups is 1. The summed E-state index contributed by atoms with van der Waals surface area (Å²) in [7, 11) is 0. The molecule has 0 radical (unpaired) electrons. The Labute approximate surface area is 175 Å². The molecule has 6 heteroatoms. The number of aryl methyl sites for hydroxylation is 3. The smallest absolute Gasteiger partial charge is 0.230 e. The van der Waals surface area contributed by atoms with Crippen molar-refractivity contribution < 1.29 is 4.79 Å². The Morgan fingerprint density at radius 2 is 1.89 bits per heavy atom. The van der Waals surface area contributed by atoms with Gasteiger partial charge in [0.1, 0.15) is 9.86 Å². The normalized spacial score (nSPS) is 11.8. The Balaban J connectivity index is 2.05. The number of hydrogen-bond acceptors (Lipinski definition) is 5. The van der Waals surface area contributed by atoms with Crippen LogP contribution in [-0.2, 0) is 11.2 Å². The second-order valence-electron chi connectivity index (χ2n) is 7.92. The number of hydrogen-bond donors (Lipinski definition) is 1. The van der Waals surface area contributed by atoms with Crippen molar-refractivity contribution in [2.24, 2.45) is 0 Å². The first-order valence-corrected chi connectivity index (χ1v) is 11.3. The summed E-state index contributed by atoms with van der Waals surface area (Å²) in [5.74, 6) is 1.09. The van der Waals surface area contributed by atoms with Crippen LogP contribution in [0.5, 0.6) is 0 Å². The monoisotopic (exact) mass is 413 g/mol. The molecule has 0 saturated heterocycles. The molecule has 1 amide bonds. The van der Waals surface area contributed by atoms with Crippen LogP contribution in [0.3, 0.4) is 0 Å². The first kappa shape index (κ1) is 20.8. The highest BCUT2D eigenvalue weighted by molar-refractivity contribution is 8.00. The maximum atomic E-state index is 12.4. The molecule has 1 aromatic carbocycles. The SMILES string of the molecule is CCc1c(C)sc2nc(-c3ccccc3C)nc(SCC(=O)NC(C)(C)C)c12. The summed E-state index contributed by atoms with van der Waals surface area (Å²) in [6.45, 7) is 12.3. The summed E-state index contributed by atoms with van der Waals surface area (Å²) in [5, 5.41) is 5.03. The molecule has 0 unspecified atom stereocenters. The third-order valence-corrected chi connectivity index (χ3v) is 6.43. The largest absolute Gasteiger partial charge is 0.351 e. The number of rotatable bonds is 5. The minimum atomic E-state index is -0.238. The van der Waals surface area contributed by atoms with Gasteiger partial charge in [-0.2, -0.15) is 0 Å². The Hall–Kier alpha value is -1.92. The lowest BCUT2D eigenvalue weighted by atomic mass is 10.1. The van der Waals surface area contributed by atoms with E-state index in [0.29, 0.717) is 5.75 Å². The summed E-state index contributed by atoms with van der Waals surface area (Å²) in [4.78, 5) is 24.4. The first-order valence-electron chi connectivity index (χ1n) is 9.49. The summed E-state index contributed by atoms with van der Waals surface area (Å²) in [5.41, 5.74) is 3.23. The van der Waals surface area contributed by atoms with E-state index in [0.717, 1.165) is 38.6 Å². The van der Waals surface area contributed by atoms with Crippen LogP contribution >= 0.6 is 23.1 Å². The predicted octanol–water partition coefficient (Wildman–Crippen LogP) is 5.54. The number of thioether (sulfide) groups is 1. The molecule has 0 atom stereocenters. The van der Waals surface area contributed by atoms with Gasteiger partial charge in [-0.3, -0.25) is 4.79 Å². The lowest BCUT2D eigenvalue weighted by Gasteiger charge is -2.20. The van der Waals surface area contributed by atoms with E-state index in [2.05, 4.69) is 38.2 Å². The van der Waals surface area contributed by atoms with Gasteiger partial charge in [-0.15, -0.1) is 11.3 Å². The van der Waals surface area contributed by atoms with Crippen LogP contribution in [0.25, 0.3) is 21.6 Å². The van der Waals surface area contributed by atoms with Crippen molar-refractivity contribution in [3.63, 3.8) is 0 Å². The van der Waals surface area contributed by atoms with Gasteiger partial charge >= 0.3 is 0 Å². The van der Waals surface area contributed by atoms with Gasteiger partial charge < -0.3 is 5.32 Å². The Kier molecular flexibility index (Phi) is 6.10. The minimum absolute atomic E-state index is 0.0201. The maximum absolute atomic E-state index is 12.4. The topological polar surface area (TPSA) is 54.9 Å². The van der Waals surface area contributed by atoms with Crippen LogP contribution in [0.15, 0.2) is 29.3 Å². The molecule has 0 aliphatic rings. The summed E-state index contributed by atoms with van der Waals surface area (Å²) in [6.07, 6.45) is 0.931. The Bertz CT molecular complexity index is 1020. The van der Waals surface area contributed by atoms with E-state index in [-0.39, 0.29) is 11.4 Å².